The number of carboxylic acid groups (broad SMARTS) is 2. The monoisotopic (exact) mass is 488 g/mol. The zero-order valence-corrected chi connectivity index (χ0v) is 19.1. The van der Waals surface area contributed by atoms with Crippen LogP contribution in [0.15, 0.2) is 72.8 Å². The number of rotatable bonds is 9. The molecule has 0 bridgehead atoms. The van der Waals surface area contributed by atoms with Crippen LogP contribution in [0.25, 0.3) is 11.1 Å². The van der Waals surface area contributed by atoms with E-state index in [9.17, 15) is 24.3 Å². The van der Waals surface area contributed by atoms with Gasteiger partial charge in [-0.3, -0.25) is 14.9 Å². The van der Waals surface area contributed by atoms with E-state index in [2.05, 4.69) is 22.8 Å². The maximum absolute atomic E-state index is 12.4. The van der Waals surface area contributed by atoms with E-state index in [1.54, 1.807) is 0 Å². The van der Waals surface area contributed by atoms with E-state index in [1.165, 1.54) is 24.3 Å². The Morgan fingerprint density at radius 3 is 1.97 bits per heavy atom. The molecule has 1 atom stereocenters. The molecular formula is C27H24N2O7. The van der Waals surface area contributed by atoms with Gasteiger partial charge in [-0.1, -0.05) is 48.5 Å². The van der Waals surface area contributed by atoms with Gasteiger partial charge < -0.3 is 20.3 Å². The van der Waals surface area contributed by atoms with Gasteiger partial charge in [0.25, 0.3) is 5.91 Å². The molecule has 1 aliphatic rings. The van der Waals surface area contributed by atoms with Gasteiger partial charge in [0.15, 0.2) is 0 Å². The second-order valence-electron chi connectivity index (χ2n) is 8.32. The summed E-state index contributed by atoms with van der Waals surface area (Å²) in [5, 5.41) is 22.8. The van der Waals surface area contributed by atoms with Crippen LogP contribution in [0.5, 0.6) is 0 Å². The highest BCUT2D eigenvalue weighted by Crippen LogP contribution is 2.44. The fourth-order valence-electron chi connectivity index (χ4n) is 4.22. The molecular weight excluding hydrogens is 464 g/mol. The van der Waals surface area contributed by atoms with Gasteiger partial charge in [0.2, 0.25) is 0 Å². The molecule has 0 saturated carbocycles. The van der Waals surface area contributed by atoms with Crippen molar-refractivity contribution in [2.24, 2.45) is 0 Å². The Kier molecular flexibility index (Phi) is 7.29. The molecule has 0 aliphatic heterocycles. The minimum absolute atomic E-state index is 0.0717. The number of benzene rings is 3. The largest absolute Gasteiger partial charge is 0.481 e. The van der Waals surface area contributed by atoms with Crippen molar-refractivity contribution in [2.45, 2.75) is 24.8 Å². The minimum Gasteiger partial charge on any atom is -0.481 e. The van der Waals surface area contributed by atoms with Crippen molar-refractivity contribution in [3.8, 4) is 11.1 Å². The highest BCUT2D eigenvalue weighted by Gasteiger charge is 2.29. The standard InChI is InChI=1S/C27H24N2O7/c30-24(31)14-13-23(26(33)34)29-25(32)16-9-11-17(12-10-16)28-27(35)36-15-22-20-7-3-1-5-18(20)19-6-2-4-8-21(19)22/h1-12,22-23H,13-15H2,(H,28,35)(H,29,32)(H,30,31)(H,33,34). The van der Waals surface area contributed by atoms with Gasteiger partial charge in [0, 0.05) is 23.6 Å². The van der Waals surface area contributed by atoms with Crippen molar-refractivity contribution in [1.82, 2.24) is 5.32 Å². The number of fused-ring (bicyclic) bond motifs is 3. The number of carboxylic acids is 2. The zero-order valence-electron chi connectivity index (χ0n) is 19.1. The van der Waals surface area contributed by atoms with E-state index in [-0.39, 0.29) is 30.9 Å². The molecule has 36 heavy (non-hydrogen) atoms. The number of aliphatic carboxylic acids is 2. The van der Waals surface area contributed by atoms with Crippen molar-refractivity contribution < 1.29 is 34.1 Å². The summed E-state index contributed by atoms with van der Waals surface area (Å²) in [6.07, 6.45) is -1.27. The summed E-state index contributed by atoms with van der Waals surface area (Å²) in [7, 11) is 0. The Labute approximate surface area is 206 Å². The summed E-state index contributed by atoms with van der Waals surface area (Å²) in [6.45, 7) is 0.160. The highest BCUT2D eigenvalue weighted by atomic mass is 16.5. The van der Waals surface area contributed by atoms with Gasteiger partial charge in [-0.05, 0) is 52.9 Å². The van der Waals surface area contributed by atoms with E-state index in [0.717, 1.165) is 22.3 Å². The van der Waals surface area contributed by atoms with Crippen LogP contribution in [-0.4, -0.2) is 46.8 Å². The van der Waals surface area contributed by atoms with Gasteiger partial charge in [-0.15, -0.1) is 0 Å². The molecule has 0 saturated heterocycles. The van der Waals surface area contributed by atoms with Gasteiger partial charge in [-0.25, -0.2) is 9.59 Å². The Morgan fingerprint density at radius 2 is 1.42 bits per heavy atom. The summed E-state index contributed by atoms with van der Waals surface area (Å²) >= 11 is 0. The van der Waals surface area contributed by atoms with Crippen molar-refractivity contribution in [2.75, 3.05) is 11.9 Å². The SMILES string of the molecule is O=C(O)CCC(NC(=O)c1ccc(NC(=O)OCC2c3ccccc3-c3ccccc32)cc1)C(=O)O. The third-order valence-electron chi connectivity index (χ3n) is 5.99. The van der Waals surface area contributed by atoms with E-state index >= 15 is 0 Å². The molecule has 0 aromatic heterocycles. The predicted octanol–water partition coefficient (Wildman–Crippen LogP) is 4.10. The smallest absolute Gasteiger partial charge is 0.411 e. The number of ether oxygens (including phenoxy) is 1. The quantitative estimate of drug-likeness (QED) is 0.355. The zero-order chi connectivity index (χ0) is 25.7. The fraction of sp³-hybridized carbons (Fsp3) is 0.185. The molecule has 1 aliphatic carbocycles. The summed E-state index contributed by atoms with van der Waals surface area (Å²) in [5.74, 6) is -3.21. The Bertz CT molecular complexity index is 1260. The lowest BCUT2D eigenvalue weighted by atomic mass is 9.98. The molecule has 2 amide bonds. The Hall–Kier alpha value is -4.66. The molecule has 3 aromatic carbocycles. The second kappa shape index (κ2) is 10.7. The van der Waals surface area contributed by atoms with Crippen LogP contribution in [0.4, 0.5) is 10.5 Å². The summed E-state index contributed by atoms with van der Waals surface area (Å²) in [6, 6.07) is 20.5. The average molecular weight is 488 g/mol. The first-order valence-corrected chi connectivity index (χ1v) is 11.3. The molecule has 0 spiro atoms. The topological polar surface area (TPSA) is 142 Å². The number of hydrogen-bond acceptors (Lipinski definition) is 5. The van der Waals surface area contributed by atoms with Crippen molar-refractivity contribution in [1.29, 1.82) is 0 Å². The van der Waals surface area contributed by atoms with Crippen molar-refractivity contribution in [3.05, 3.63) is 89.5 Å². The summed E-state index contributed by atoms with van der Waals surface area (Å²) in [5.41, 5.74) is 5.02. The third kappa shape index (κ3) is 5.52. The van der Waals surface area contributed by atoms with E-state index < -0.39 is 30.0 Å². The molecule has 184 valence electrons. The normalized spacial score (nSPS) is 12.7. The molecule has 1 unspecified atom stereocenters. The third-order valence-corrected chi connectivity index (χ3v) is 5.99. The molecule has 9 heteroatoms. The maximum atomic E-state index is 12.4. The van der Waals surface area contributed by atoms with Crippen LogP contribution in [0, 0.1) is 0 Å². The molecule has 3 aromatic rings. The lowest BCUT2D eigenvalue weighted by Gasteiger charge is -2.15. The highest BCUT2D eigenvalue weighted by molar-refractivity contribution is 5.97. The van der Waals surface area contributed by atoms with Gasteiger partial charge >= 0.3 is 18.0 Å². The second-order valence-corrected chi connectivity index (χ2v) is 8.32. The molecule has 4 N–H and O–H groups in total. The number of amides is 2. The van der Waals surface area contributed by atoms with Gasteiger partial charge in [0.1, 0.15) is 12.6 Å². The van der Waals surface area contributed by atoms with Crippen LogP contribution in [0.2, 0.25) is 0 Å². The van der Waals surface area contributed by atoms with Crippen LogP contribution in [0.1, 0.15) is 40.2 Å². The number of hydrogen-bond donors (Lipinski definition) is 4. The lowest BCUT2D eigenvalue weighted by Crippen LogP contribution is -2.41. The molecule has 0 heterocycles. The van der Waals surface area contributed by atoms with Gasteiger partial charge in [0.05, 0.1) is 0 Å². The van der Waals surface area contributed by atoms with E-state index in [4.69, 9.17) is 9.84 Å². The minimum atomic E-state index is -1.33. The van der Waals surface area contributed by atoms with Crippen LogP contribution >= 0.6 is 0 Å². The number of carbonyl (C=O) groups excluding carboxylic acids is 2. The first-order valence-electron chi connectivity index (χ1n) is 11.3. The Balaban J connectivity index is 1.33. The summed E-state index contributed by atoms with van der Waals surface area (Å²) in [4.78, 5) is 46.8. The first-order chi connectivity index (χ1) is 17.3. The van der Waals surface area contributed by atoms with Crippen LogP contribution in [0.3, 0.4) is 0 Å². The fourth-order valence-corrected chi connectivity index (χ4v) is 4.22. The molecule has 4 rings (SSSR count). The number of carbonyl (C=O) groups is 4. The van der Waals surface area contributed by atoms with Crippen molar-refractivity contribution >= 4 is 29.6 Å². The first kappa shape index (κ1) is 24.5. The maximum Gasteiger partial charge on any atom is 0.411 e. The molecule has 0 radical (unpaired) electrons. The van der Waals surface area contributed by atoms with Crippen molar-refractivity contribution in [3.63, 3.8) is 0 Å². The summed E-state index contributed by atoms with van der Waals surface area (Å²) < 4.78 is 5.50. The predicted molar refractivity (Wildman–Crippen MR) is 131 cm³/mol. The number of anilines is 1. The average Bonchev–Trinajstić information content (AvgIpc) is 3.19. The molecule has 9 nitrogen and oxygen atoms in total. The van der Waals surface area contributed by atoms with E-state index in [0.29, 0.717) is 5.69 Å². The van der Waals surface area contributed by atoms with E-state index in [1.807, 2.05) is 36.4 Å². The van der Waals surface area contributed by atoms with Crippen LogP contribution < -0.4 is 10.6 Å². The Morgan fingerprint density at radius 1 is 0.833 bits per heavy atom. The lowest BCUT2D eigenvalue weighted by molar-refractivity contribution is -0.140. The van der Waals surface area contributed by atoms with Crippen LogP contribution in [-0.2, 0) is 14.3 Å². The van der Waals surface area contributed by atoms with Gasteiger partial charge in [-0.2, -0.15) is 0 Å². The number of nitrogens with one attached hydrogen (secondary N) is 2. The molecule has 0 fully saturated rings.